The lowest BCUT2D eigenvalue weighted by atomic mass is 10.0. The Hall–Kier alpha value is -0.610. The van der Waals surface area contributed by atoms with E-state index >= 15 is 0 Å². The molecule has 3 atom stereocenters. The highest BCUT2D eigenvalue weighted by Gasteiger charge is 2.29. The molecule has 1 heterocycles. The van der Waals surface area contributed by atoms with Gasteiger partial charge in [0.25, 0.3) is 0 Å². The van der Waals surface area contributed by atoms with E-state index in [2.05, 4.69) is 37.9 Å². The third-order valence-electron chi connectivity index (χ3n) is 3.91. The molecule has 1 N–H and O–H groups in total. The maximum atomic E-state index is 11.9. The van der Waals surface area contributed by atoms with Crippen LogP contribution in [0, 0.1) is 11.8 Å². The molecular formula is C15H30N2O2. The SMILES string of the molecule is CC(C)C(=O)N[C@H](CN1[C@H](C)COC[C@@H]1C)C(C)C. The number of hydrogen-bond acceptors (Lipinski definition) is 3. The Morgan fingerprint density at radius 2 is 1.74 bits per heavy atom. The minimum absolute atomic E-state index is 0.0424. The van der Waals surface area contributed by atoms with E-state index in [9.17, 15) is 4.79 Å². The number of hydrogen-bond donors (Lipinski definition) is 1. The molecule has 4 heteroatoms. The van der Waals surface area contributed by atoms with E-state index in [-0.39, 0.29) is 17.9 Å². The summed E-state index contributed by atoms with van der Waals surface area (Å²) in [4.78, 5) is 14.4. The summed E-state index contributed by atoms with van der Waals surface area (Å²) in [6.45, 7) is 15.1. The molecule has 4 nitrogen and oxygen atoms in total. The molecule has 0 aliphatic carbocycles. The van der Waals surface area contributed by atoms with E-state index in [1.807, 2.05) is 13.8 Å². The summed E-state index contributed by atoms with van der Waals surface area (Å²) in [6.07, 6.45) is 0. The number of carbonyl (C=O) groups excluding carboxylic acids is 1. The number of morpholine rings is 1. The second-order valence-electron chi connectivity index (χ2n) is 6.45. The van der Waals surface area contributed by atoms with Crippen LogP contribution in [0.4, 0.5) is 0 Å². The van der Waals surface area contributed by atoms with Gasteiger partial charge in [-0.3, -0.25) is 9.69 Å². The second kappa shape index (κ2) is 7.25. The average molecular weight is 270 g/mol. The van der Waals surface area contributed by atoms with Crippen molar-refractivity contribution in [3.63, 3.8) is 0 Å². The second-order valence-corrected chi connectivity index (χ2v) is 6.45. The molecular weight excluding hydrogens is 240 g/mol. The Morgan fingerprint density at radius 3 is 2.16 bits per heavy atom. The molecule has 0 aromatic heterocycles. The molecule has 1 aliphatic rings. The first-order valence-electron chi connectivity index (χ1n) is 7.46. The van der Waals surface area contributed by atoms with Crippen LogP contribution in [0.25, 0.3) is 0 Å². The van der Waals surface area contributed by atoms with Crippen LogP contribution in [0.3, 0.4) is 0 Å². The molecule has 0 unspecified atom stereocenters. The lowest BCUT2D eigenvalue weighted by Crippen LogP contribution is -2.56. The van der Waals surface area contributed by atoms with Crippen LogP contribution in [0.5, 0.6) is 0 Å². The van der Waals surface area contributed by atoms with Crippen molar-refractivity contribution in [3.05, 3.63) is 0 Å². The zero-order valence-electron chi connectivity index (χ0n) is 13.3. The van der Waals surface area contributed by atoms with Gasteiger partial charge in [-0.2, -0.15) is 0 Å². The monoisotopic (exact) mass is 270 g/mol. The number of carbonyl (C=O) groups is 1. The number of nitrogens with zero attached hydrogens (tertiary/aromatic N) is 1. The van der Waals surface area contributed by atoms with Gasteiger partial charge >= 0.3 is 0 Å². The largest absolute Gasteiger partial charge is 0.378 e. The molecule has 0 radical (unpaired) electrons. The fourth-order valence-electron chi connectivity index (χ4n) is 2.39. The summed E-state index contributed by atoms with van der Waals surface area (Å²) in [7, 11) is 0. The summed E-state index contributed by atoms with van der Waals surface area (Å²) in [6, 6.07) is 1.04. The van der Waals surface area contributed by atoms with Crippen LogP contribution < -0.4 is 5.32 Å². The van der Waals surface area contributed by atoms with Crippen molar-refractivity contribution in [3.8, 4) is 0 Å². The molecule has 1 amide bonds. The Balaban J connectivity index is 2.64. The predicted molar refractivity (Wildman–Crippen MR) is 78.1 cm³/mol. The standard InChI is InChI=1S/C15H30N2O2/c1-10(2)14(16-15(18)11(3)4)7-17-12(5)8-19-9-13(17)6/h10-14H,7-9H2,1-6H3,(H,16,18)/t12-,13+,14-/m1/s1. The molecule has 0 aromatic carbocycles. The van der Waals surface area contributed by atoms with Crippen molar-refractivity contribution in [2.24, 2.45) is 11.8 Å². The van der Waals surface area contributed by atoms with E-state index in [4.69, 9.17) is 4.74 Å². The molecule has 0 aromatic rings. The molecule has 1 saturated heterocycles. The van der Waals surface area contributed by atoms with Gasteiger partial charge in [0.05, 0.1) is 13.2 Å². The number of amides is 1. The highest BCUT2D eigenvalue weighted by molar-refractivity contribution is 5.78. The van der Waals surface area contributed by atoms with Crippen molar-refractivity contribution >= 4 is 5.91 Å². The number of nitrogens with one attached hydrogen (secondary N) is 1. The fraction of sp³-hybridized carbons (Fsp3) is 0.933. The van der Waals surface area contributed by atoms with Crippen molar-refractivity contribution in [1.29, 1.82) is 0 Å². The normalized spacial score (nSPS) is 26.7. The molecule has 1 rings (SSSR count). The summed E-state index contributed by atoms with van der Waals surface area (Å²) < 4.78 is 5.56. The van der Waals surface area contributed by atoms with Gasteiger partial charge in [0, 0.05) is 30.6 Å². The van der Waals surface area contributed by atoms with E-state index in [1.165, 1.54) is 0 Å². The molecule has 1 aliphatic heterocycles. The van der Waals surface area contributed by atoms with Gasteiger partial charge in [-0.1, -0.05) is 27.7 Å². The molecule has 0 saturated carbocycles. The lowest BCUT2D eigenvalue weighted by Gasteiger charge is -2.41. The van der Waals surface area contributed by atoms with Crippen molar-refractivity contribution in [2.45, 2.75) is 59.7 Å². The first-order valence-corrected chi connectivity index (χ1v) is 7.46. The van der Waals surface area contributed by atoms with Crippen molar-refractivity contribution in [2.75, 3.05) is 19.8 Å². The third kappa shape index (κ3) is 4.77. The maximum Gasteiger partial charge on any atom is 0.222 e. The molecule has 19 heavy (non-hydrogen) atoms. The molecule has 0 bridgehead atoms. The average Bonchev–Trinajstić information content (AvgIpc) is 2.31. The summed E-state index contributed by atoms with van der Waals surface area (Å²) in [5, 5.41) is 3.18. The Bertz CT molecular complexity index is 282. The van der Waals surface area contributed by atoms with Crippen LogP contribution in [0.2, 0.25) is 0 Å². The highest BCUT2D eigenvalue weighted by Crippen LogP contribution is 2.16. The third-order valence-corrected chi connectivity index (χ3v) is 3.91. The molecule has 0 spiro atoms. The Labute approximate surface area is 117 Å². The number of rotatable bonds is 5. The summed E-state index contributed by atoms with van der Waals surface area (Å²) >= 11 is 0. The van der Waals surface area contributed by atoms with Gasteiger partial charge in [0.15, 0.2) is 0 Å². The van der Waals surface area contributed by atoms with Crippen LogP contribution in [0.1, 0.15) is 41.5 Å². The maximum absolute atomic E-state index is 11.9. The zero-order chi connectivity index (χ0) is 14.6. The van der Waals surface area contributed by atoms with E-state index < -0.39 is 0 Å². The van der Waals surface area contributed by atoms with Crippen LogP contribution >= 0.6 is 0 Å². The minimum Gasteiger partial charge on any atom is -0.378 e. The van der Waals surface area contributed by atoms with E-state index in [0.717, 1.165) is 19.8 Å². The number of ether oxygens (including phenoxy) is 1. The molecule has 1 fully saturated rings. The zero-order valence-corrected chi connectivity index (χ0v) is 13.3. The Kier molecular flexibility index (Phi) is 6.27. The molecule has 112 valence electrons. The van der Waals surface area contributed by atoms with Crippen molar-refractivity contribution < 1.29 is 9.53 Å². The Morgan fingerprint density at radius 1 is 1.21 bits per heavy atom. The fourth-order valence-corrected chi connectivity index (χ4v) is 2.39. The quantitative estimate of drug-likeness (QED) is 0.829. The first-order chi connectivity index (χ1) is 8.82. The highest BCUT2D eigenvalue weighted by atomic mass is 16.5. The van der Waals surface area contributed by atoms with Gasteiger partial charge in [0.1, 0.15) is 0 Å². The van der Waals surface area contributed by atoms with Gasteiger partial charge in [0.2, 0.25) is 5.91 Å². The predicted octanol–water partition coefficient (Wildman–Crippen LogP) is 1.89. The van der Waals surface area contributed by atoms with Crippen LogP contribution in [0.15, 0.2) is 0 Å². The summed E-state index contributed by atoms with van der Waals surface area (Å²) in [5.74, 6) is 0.623. The lowest BCUT2D eigenvalue weighted by molar-refractivity contribution is -0.125. The van der Waals surface area contributed by atoms with Gasteiger partial charge in [-0.25, -0.2) is 0 Å². The van der Waals surface area contributed by atoms with E-state index in [0.29, 0.717) is 18.0 Å². The minimum atomic E-state index is 0.0424. The van der Waals surface area contributed by atoms with Crippen molar-refractivity contribution in [1.82, 2.24) is 10.2 Å². The van der Waals surface area contributed by atoms with E-state index in [1.54, 1.807) is 0 Å². The topological polar surface area (TPSA) is 41.6 Å². The van der Waals surface area contributed by atoms with Gasteiger partial charge in [-0.15, -0.1) is 0 Å². The summed E-state index contributed by atoms with van der Waals surface area (Å²) in [5.41, 5.74) is 0. The van der Waals surface area contributed by atoms with Gasteiger partial charge in [-0.05, 0) is 19.8 Å². The first kappa shape index (κ1) is 16.4. The van der Waals surface area contributed by atoms with Crippen LogP contribution in [-0.4, -0.2) is 48.7 Å². The van der Waals surface area contributed by atoms with Crippen LogP contribution in [-0.2, 0) is 9.53 Å². The van der Waals surface area contributed by atoms with Gasteiger partial charge < -0.3 is 10.1 Å². The smallest absolute Gasteiger partial charge is 0.222 e.